The summed E-state index contributed by atoms with van der Waals surface area (Å²) >= 11 is 6.03. The molecule has 2 aromatic rings. The smallest absolute Gasteiger partial charge is 0.303 e. The number of ether oxygens (including phenoxy) is 2. The van der Waals surface area contributed by atoms with E-state index in [4.69, 9.17) is 21.1 Å². The lowest BCUT2D eigenvalue weighted by Crippen LogP contribution is -2.45. The van der Waals surface area contributed by atoms with Crippen LogP contribution in [0.1, 0.15) is 48.2 Å². The number of carbonyl (C=O) groups excluding carboxylic acids is 3. The lowest BCUT2D eigenvalue weighted by atomic mass is 9.77. The minimum atomic E-state index is -0.943. The van der Waals surface area contributed by atoms with Crippen molar-refractivity contribution in [2.24, 2.45) is 5.41 Å². The quantitative estimate of drug-likeness (QED) is 0.475. The monoisotopic (exact) mass is 485 g/mol. The Morgan fingerprint density at radius 2 is 1.68 bits per heavy atom. The second kappa shape index (κ2) is 10.0. The third kappa shape index (κ3) is 5.17. The zero-order valence-electron chi connectivity index (χ0n) is 19.3. The molecule has 9 heteroatoms. The summed E-state index contributed by atoms with van der Waals surface area (Å²) in [5.74, 6) is -0.497. The van der Waals surface area contributed by atoms with Crippen molar-refractivity contribution in [3.8, 4) is 5.88 Å². The highest BCUT2D eigenvalue weighted by Gasteiger charge is 2.44. The Morgan fingerprint density at radius 3 is 2.29 bits per heavy atom. The van der Waals surface area contributed by atoms with Gasteiger partial charge in [0.05, 0.1) is 7.11 Å². The van der Waals surface area contributed by atoms with Gasteiger partial charge in [-0.25, -0.2) is 4.98 Å². The van der Waals surface area contributed by atoms with Gasteiger partial charge >= 0.3 is 5.97 Å². The molecule has 1 spiro atoms. The van der Waals surface area contributed by atoms with E-state index in [1.54, 1.807) is 29.2 Å². The van der Waals surface area contributed by atoms with Crippen LogP contribution in [0.2, 0.25) is 5.15 Å². The van der Waals surface area contributed by atoms with Crippen LogP contribution in [0.3, 0.4) is 0 Å². The molecule has 0 aliphatic carbocycles. The van der Waals surface area contributed by atoms with E-state index in [1.165, 1.54) is 14.0 Å². The van der Waals surface area contributed by atoms with Gasteiger partial charge in [0.15, 0.2) is 0 Å². The summed E-state index contributed by atoms with van der Waals surface area (Å²) in [7, 11) is 1.48. The van der Waals surface area contributed by atoms with Gasteiger partial charge in [-0.15, -0.1) is 0 Å². The standard InChI is InChI=1S/C25H28ClN3O5/c1-17(30)34-22(18-6-4-3-5-7-18)24(32)29-13-10-25(16-29)8-11-28(12-9-25)23(31)19-14-20(26)27-21(15-19)33-2/h3-7,14-15,22H,8-13,16H2,1-2H3. The molecule has 1 atom stereocenters. The molecule has 2 aliphatic heterocycles. The van der Waals surface area contributed by atoms with Crippen molar-refractivity contribution >= 4 is 29.4 Å². The Hall–Kier alpha value is -3.13. The fraction of sp³-hybridized carbons (Fsp3) is 0.440. The molecule has 0 N–H and O–H groups in total. The average Bonchev–Trinajstić information content (AvgIpc) is 3.25. The van der Waals surface area contributed by atoms with Gasteiger partial charge in [0, 0.05) is 50.3 Å². The third-order valence-electron chi connectivity index (χ3n) is 6.70. The van der Waals surface area contributed by atoms with E-state index in [0.717, 1.165) is 19.3 Å². The van der Waals surface area contributed by atoms with Crippen LogP contribution in [0, 0.1) is 5.41 Å². The van der Waals surface area contributed by atoms with Crippen LogP contribution in [0.15, 0.2) is 42.5 Å². The van der Waals surface area contributed by atoms with Crippen LogP contribution in [-0.2, 0) is 14.3 Å². The lowest BCUT2D eigenvalue weighted by molar-refractivity contribution is -0.159. The van der Waals surface area contributed by atoms with Crippen LogP contribution in [0.25, 0.3) is 0 Å². The summed E-state index contributed by atoms with van der Waals surface area (Å²) in [6, 6.07) is 12.2. The second-order valence-electron chi connectivity index (χ2n) is 8.92. The number of amides is 2. The Morgan fingerprint density at radius 1 is 1.03 bits per heavy atom. The maximum absolute atomic E-state index is 13.3. The molecule has 0 radical (unpaired) electrons. The van der Waals surface area contributed by atoms with Gasteiger partial charge in [0.25, 0.3) is 11.8 Å². The Labute approximate surface area is 203 Å². The number of rotatable bonds is 5. The molecule has 180 valence electrons. The van der Waals surface area contributed by atoms with Crippen molar-refractivity contribution in [1.82, 2.24) is 14.8 Å². The van der Waals surface area contributed by atoms with E-state index in [0.29, 0.717) is 43.2 Å². The number of methoxy groups -OCH3 is 1. The molecule has 2 fully saturated rings. The summed E-state index contributed by atoms with van der Waals surface area (Å²) in [5, 5.41) is 0.210. The number of hydrogen-bond donors (Lipinski definition) is 0. The Balaban J connectivity index is 1.40. The topological polar surface area (TPSA) is 89.0 Å². The maximum atomic E-state index is 13.3. The molecule has 2 amide bonds. The zero-order valence-corrected chi connectivity index (χ0v) is 20.1. The highest BCUT2D eigenvalue weighted by Crippen LogP contribution is 2.41. The number of carbonyl (C=O) groups is 3. The van der Waals surface area contributed by atoms with E-state index in [-0.39, 0.29) is 22.4 Å². The van der Waals surface area contributed by atoms with Crippen LogP contribution < -0.4 is 4.74 Å². The Kier molecular flexibility index (Phi) is 7.07. The summed E-state index contributed by atoms with van der Waals surface area (Å²) in [6.45, 7) is 3.69. The van der Waals surface area contributed by atoms with Crippen molar-refractivity contribution in [2.75, 3.05) is 33.3 Å². The molecule has 1 aromatic heterocycles. The van der Waals surface area contributed by atoms with Crippen LogP contribution in [0.4, 0.5) is 0 Å². The normalized spacial score (nSPS) is 18.0. The van der Waals surface area contributed by atoms with Crippen LogP contribution >= 0.6 is 11.6 Å². The first-order valence-electron chi connectivity index (χ1n) is 11.3. The van der Waals surface area contributed by atoms with Crippen molar-refractivity contribution in [3.05, 3.63) is 58.7 Å². The van der Waals surface area contributed by atoms with Crippen LogP contribution in [0.5, 0.6) is 5.88 Å². The number of likely N-dealkylation sites (tertiary alicyclic amines) is 2. The molecule has 8 nitrogen and oxygen atoms in total. The van der Waals surface area contributed by atoms with Gasteiger partial charge in [-0.3, -0.25) is 14.4 Å². The highest BCUT2D eigenvalue weighted by molar-refractivity contribution is 6.29. The molecule has 4 rings (SSSR count). The molecular weight excluding hydrogens is 458 g/mol. The van der Waals surface area contributed by atoms with Gasteiger partial charge in [-0.1, -0.05) is 41.9 Å². The second-order valence-corrected chi connectivity index (χ2v) is 9.31. The van der Waals surface area contributed by atoms with E-state index in [1.807, 2.05) is 23.1 Å². The molecule has 2 saturated heterocycles. The number of halogens is 1. The Bertz CT molecular complexity index is 1070. The minimum Gasteiger partial charge on any atom is -0.481 e. The number of pyridine rings is 1. The fourth-order valence-electron chi connectivity index (χ4n) is 4.82. The maximum Gasteiger partial charge on any atom is 0.303 e. The molecule has 1 aromatic carbocycles. The number of nitrogens with zero attached hydrogens (tertiary/aromatic N) is 3. The van der Waals surface area contributed by atoms with Crippen molar-refractivity contribution < 1.29 is 23.9 Å². The van der Waals surface area contributed by atoms with E-state index in [2.05, 4.69) is 4.98 Å². The minimum absolute atomic E-state index is 0.0442. The molecular formula is C25H28ClN3O5. The molecule has 34 heavy (non-hydrogen) atoms. The number of esters is 1. The third-order valence-corrected chi connectivity index (χ3v) is 6.89. The van der Waals surface area contributed by atoms with Crippen molar-refractivity contribution in [2.45, 2.75) is 32.3 Å². The van der Waals surface area contributed by atoms with Gasteiger partial charge in [0.2, 0.25) is 12.0 Å². The molecule has 0 saturated carbocycles. The zero-order chi connectivity index (χ0) is 24.3. The number of piperidine rings is 1. The SMILES string of the molecule is COc1cc(C(=O)N2CCC3(CC2)CCN(C(=O)C(OC(C)=O)c2ccccc2)C3)cc(Cl)n1. The van der Waals surface area contributed by atoms with Gasteiger partial charge in [-0.2, -0.15) is 0 Å². The van der Waals surface area contributed by atoms with E-state index in [9.17, 15) is 14.4 Å². The van der Waals surface area contributed by atoms with Gasteiger partial charge < -0.3 is 19.3 Å². The van der Waals surface area contributed by atoms with E-state index < -0.39 is 12.1 Å². The first-order valence-corrected chi connectivity index (χ1v) is 11.7. The first-order chi connectivity index (χ1) is 16.3. The summed E-state index contributed by atoms with van der Waals surface area (Å²) in [6.07, 6.45) is 1.50. The average molecular weight is 486 g/mol. The van der Waals surface area contributed by atoms with Gasteiger partial charge in [-0.05, 0) is 30.7 Å². The lowest BCUT2D eigenvalue weighted by Gasteiger charge is -2.39. The molecule has 0 bridgehead atoms. The van der Waals surface area contributed by atoms with Crippen molar-refractivity contribution in [1.29, 1.82) is 0 Å². The first kappa shape index (κ1) is 24.0. The molecule has 1 unspecified atom stereocenters. The number of hydrogen-bond acceptors (Lipinski definition) is 6. The predicted octanol–water partition coefficient (Wildman–Crippen LogP) is 3.50. The summed E-state index contributed by atoms with van der Waals surface area (Å²) in [5.41, 5.74) is 1.07. The van der Waals surface area contributed by atoms with Crippen molar-refractivity contribution in [3.63, 3.8) is 0 Å². The molecule has 3 heterocycles. The van der Waals surface area contributed by atoms with Gasteiger partial charge in [0.1, 0.15) is 5.15 Å². The fourth-order valence-corrected chi connectivity index (χ4v) is 5.02. The highest BCUT2D eigenvalue weighted by atomic mass is 35.5. The predicted molar refractivity (Wildman–Crippen MR) is 126 cm³/mol. The van der Waals surface area contributed by atoms with E-state index >= 15 is 0 Å². The number of aromatic nitrogens is 1. The number of benzene rings is 1. The largest absolute Gasteiger partial charge is 0.481 e. The molecule has 2 aliphatic rings. The summed E-state index contributed by atoms with van der Waals surface area (Å²) in [4.78, 5) is 45.6. The summed E-state index contributed by atoms with van der Waals surface area (Å²) < 4.78 is 10.5. The van der Waals surface area contributed by atoms with Crippen LogP contribution in [-0.4, -0.2) is 65.9 Å².